The molecule has 3 N–H and O–H groups in total. The van der Waals surface area contributed by atoms with E-state index in [1.807, 2.05) is 18.2 Å². The molecule has 2 amide bonds. The van der Waals surface area contributed by atoms with Crippen LogP contribution in [0.1, 0.15) is 46.4 Å². The minimum atomic E-state index is -0.0836. The molecule has 0 spiro atoms. The highest BCUT2D eigenvalue weighted by atomic mass is 16.2. The van der Waals surface area contributed by atoms with Crippen LogP contribution in [0.3, 0.4) is 0 Å². The molecule has 29 heavy (non-hydrogen) atoms. The molecule has 1 aliphatic heterocycles. The molecule has 1 saturated carbocycles. The van der Waals surface area contributed by atoms with Gasteiger partial charge in [0.05, 0.1) is 17.8 Å². The Labute approximate surface area is 170 Å². The van der Waals surface area contributed by atoms with Crippen LogP contribution in [0.4, 0.5) is 11.5 Å². The molecule has 2 aromatic rings. The van der Waals surface area contributed by atoms with Gasteiger partial charge in [-0.1, -0.05) is 25.0 Å². The van der Waals surface area contributed by atoms with Crippen molar-refractivity contribution in [3.05, 3.63) is 53.7 Å². The third-order valence-corrected chi connectivity index (χ3v) is 5.55. The van der Waals surface area contributed by atoms with Crippen LogP contribution in [0.2, 0.25) is 0 Å². The predicted molar refractivity (Wildman–Crippen MR) is 113 cm³/mol. The zero-order valence-electron chi connectivity index (χ0n) is 16.5. The van der Waals surface area contributed by atoms with Gasteiger partial charge in [-0.25, -0.2) is 4.98 Å². The summed E-state index contributed by atoms with van der Waals surface area (Å²) in [5.74, 6) is 1.41. The number of rotatable bonds is 6. The largest absolute Gasteiger partial charge is 0.398 e. The third-order valence-electron chi connectivity index (χ3n) is 5.55. The van der Waals surface area contributed by atoms with Gasteiger partial charge in [0.25, 0.3) is 11.8 Å². The van der Waals surface area contributed by atoms with Crippen LogP contribution >= 0.6 is 0 Å². The Morgan fingerprint density at radius 2 is 1.97 bits per heavy atom. The Hall–Kier alpha value is -3.09. The van der Waals surface area contributed by atoms with E-state index in [1.54, 1.807) is 29.3 Å². The number of carbonyl (C=O) groups excluding carboxylic acids is 2. The van der Waals surface area contributed by atoms with Crippen LogP contribution in [-0.2, 0) is 0 Å². The van der Waals surface area contributed by atoms with E-state index in [1.165, 1.54) is 12.8 Å². The smallest absolute Gasteiger partial charge is 0.257 e. The summed E-state index contributed by atoms with van der Waals surface area (Å²) >= 11 is 0. The van der Waals surface area contributed by atoms with Gasteiger partial charge in [0, 0.05) is 31.5 Å². The number of para-hydroxylation sites is 1. The Morgan fingerprint density at radius 1 is 1.14 bits per heavy atom. The van der Waals surface area contributed by atoms with Gasteiger partial charge < -0.3 is 20.9 Å². The van der Waals surface area contributed by atoms with E-state index in [-0.39, 0.29) is 11.8 Å². The Balaban J connectivity index is 1.37. The lowest BCUT2D eigenvalue weighted by atomic mass is 10.1. The molecular weight excluding hydrogens is 366 g/mol. The number of hydrogen-bond acceptors (Lipinski definition) is 5. The summed E-state index contributed by atoms with van der Waals surface area (Å²) < 4.78 is 0. The van der Waals surface area contributed by atoms with E-state index in [0.717, 1.165) is 37.7 Å². The third kappa shape index (κ3) is 4.67. The van der Waals surface area contributed by atoms with Gasteiger partial charge in [-0.15, -0.1) is 0 Å². The van der Waals surface area contributed by atoms with Gasteiger partial charge in [-0.2, -0.15) is 0 Å². The number of amides is 2. The van der Waals surface area contributed by atoms with Crippen LogP contribution in [0, 0.1) is 5.92 Å². The van der Waals surface area contributed by atoms with Crippen molar-refractivity contribution in [1.82, 2.24) is 15.2 Å². The fraction of sp³-hybridized carbons (Fsp3) is 0.409. The molecule has 7 nitrogen and oxygen atoms in total. The van der Waals surface area contributed by atoms with Crippen molar-refractivity contribution < 1.29 is 9.59 Å². The van der Waals surface area contributed by atoms with E-state index >= 15 is 0 Å². The number of hydrogen-bond donors (Lipinski definition) is 2. The fourth-order valence-electron chi connectivity index (χ4n) is 3.62. The number of aromatic nitrogens is 1. The van der Waals surface area contributed by atoms with Gasteiger partial charge in [0.2, 0.25) is 0 Å². The monoisotopic (exact) mass is 393 g/mol. The average Bonchev–Trinajstić information content (AvgIpc) is 3.58. The Kier molecular flexibility index (Phi) is 5.64. The minimum Gasteiger partial charge on any atom is -0.398 e. The molecular formula is C22H27N5O2. The van der Waals surface area contributed by atoms with Crippen LogP contribution in [0.15, 0.2) is 42.6 Å². The molecule has 2 fully saturated rings. The highest BCUT2D eigenvalue weighted by Gasteiger charge is 2.25. The lowest BCUT2D eigenvalue weighted by molar-refractivity contribution is 0.0734. The molecule has 1 aromatic carbocycles. The second-order valence-corrected chi connectivity index (χ2v) is 7.81. The first-order valence-electron chi connectivity index (χ1n) is 10.2. The normalized spacial score (nSPS) is 16.6. The summed E-state index contributed by atoms with van der Waals surface area (Å²) in [6.07, 6.45) is 6.10. The van der Waals surface area contributed by atoms with Gasteiger partial charge in [0.15, 0.2) is 0 Å². The fourth-order valence-corrected chi connectivity index (χ4v) is 3.62. The summed E-state index contributed by atoms with van der Waals surface area (Å²) in [7, 11) is 0. The lowest BCUT2D eigenvalue weighted by Crippen LogP contribution is -2.48. The highest BCUT2D eigenvalue weighted by molar-refractivity contribution is 5.99. The summed E-state index contributed by atoms with van der Waals surface area (Å²) in [5.41, 5.74) is 7.54. The summed E-state index contributed by atoms with van der Waals surface area (Å²) in [6, 6.07) is 10.8. The predicted octanol–water partition coefficient (Wildman–Crippen LogP) is 2.50. The minimum absolute atomic E-state index is 0.0699. The molecule has 1 aliphatic carbocycles. The van der Waals surface area contributed by atoms with Crippen LogP contribution in [-0.4, -0.2) is 48.0 Å². The first kappa shape index (κ1) is 19.2. The van der Waals surface area contributed by atoms with Gasteiger partial charge in [0.1, 0.15) is 5.82 Å². The van der Waals surface area contributed by atoms with Gasteiger partial charge in [-0.05, 0) is 43.0 Å². The molecule has 0 bridgehead atoms. The van der Waals surface area contributed by atoms with E-state index in [9.17, 15) is 9.59 Å². The van der Waals surface area contributed by atoms with Crippen molar-refractivity contribution in [3.63, 3.8) is 0 Å². The van der Waals surface area contributed by atoms with Crippen molar-refractivity contribution in [2.75, 3.05) is 36.9 Å². The first-order valence-corrected chi connectivity index (χ1v) is 10.2. The number of nitrogens with zero attached hydrogens (tertiary/aromatic N) is 3. The summed E-state index contributed by atoms with van der Waals surface area (Å²) in [6.45, 7) is 2.67. The molecule has 152 valence electrons. The molecule has 0 atom stereocenters. The number of nitrogens with one attached hydrogen (secondary N) is 1. The van der Waals surface area contributed by atoms with Crippen molar-refractivity contribution in [1.29, 1.82) is 0 Å². The maximum absolute atomic E-state index is 12.8. The molecule has 1 saturated heterocycles. The molecule has 1 aromatic heterocycles. The van der Waals surface area contributed by atoms with Crippen molar-refractivity contribution >= 4 is 23.3 Å². The SMILES string of the molecule is Nc1ccccc1C(=O)N1CCCN(c2ccc(C(=O)NCCC3CC3)cn2)C1. The lowest BCUT2D eigenvalue weighted by Gasteiger charge is -2.36. The van der Waals surface area contributed by atoms with Gasteiger partial charge in [-0.3, -0.25) is 9.59 Å². The summed E-state index contributed by atoms with van der Waals surface area (Å²) in [4.78, 5) is 33.4. The van der Waals surface area contributed by atoms with E-state index < -0.39 is 0 Å². The van der Waals surface area contributed by atoms with E-state index in [0.29, 0.717) is 30.0 Å². The number of nitrogen functional groups attached to an aromatic ring is 1. The van der Waals surface area contributed by atoms with Crippen molar-refractivity contribution in [2.24, 2.45) is 5.92 Å². The number of carbonyl (C=O) groups is 2. The zero-order chi connectivity index (χ0) is 20.2. The van der Waals surface area contributed by atoms with E-state index in [2.05, 4.69) is 15.2 Å². The molecule has 0 unspecified atom stereocenters. The second kappa shape index (κ2) is 8.51. The second-order valence-electron chi connectivity index (χ2n) is 7.81. The van der Waals surface area contributed by atoms with Crippen LogP contribution < -0.4 is 16.0 Å². The van der Waals surface area contributed by atoms with Gasteiger partial charge >= 0.3 is 0 Å². The van der Waals surface area contributed by atoms with Crippen molar-refractivity contribution in [2.45, 2.75) is 25.7 Å². The van der Waals surface area contributed by atoms with E-state index in [4.69, 9.17) is 5.73 Å². The maximum atomic E-state index is 12.8. The molecule has 0 radical (unpaired) electrons. The average molecular weight is 393 g/mol. The highest BCUT2D eigenvalue weighted by Crippen LogP contribution is 2.31. The molecule has 2 aliphatic rings. The molecule has 7 heteroatoms. The number of benzene rings is 1. The topological polar surface area (TPSA) is 91.6 Å². The quantitative estimate of drug-likeness (QED) is 0.736. The van der Waals surface area contributed by atoms with Crippen molar-refractivity contribution in [3.8, 4) is 0 Å². The molecule has 2 heterocycles. The van der Waals surface area contributed by atoms with Crippen LogP contribution in [0.25, 0.3) is 0 Å². The summed E-state index contributed by atoms with van der Waals surface area (Å²) in [5, 5.41) is 2.96. The maximum Gasteiger partial charge on any atom is 0.257 e. The Bertz CT molecular complexity index is 879. The van der Waals surface area contributed by atoms with Crippen LogP contribution in [0.5, 0.6) is 0 Å². The standard InChI is InChI=1S/C22H27N5O2/c23-19-5-2-1-4-18(19)22(29)27-13-3-12-26(15-27)20-9-8-17(14-25-20)21(28)24-11-10-16-6-7-16/h1-2,4-5,8-9,14,16H,3,6-7,10-13,15,23H2,(H,24,28). The number of anilines is 2. The molecule has 4 rings (SSSR count). The number of pyridine rings is 1. The zero-order valence-corrected chi connectivity index (χ0v) is 16.5. The first-order chi connectivity index (χ1) is 14.1. The number of nitrogens with two attached hydrogens (primary N) is 1. The Morgan fingerprint density at radius 3 is 2.69 bits per heavy atom.